The third kappa shape index (κ3) is 3.33. The number of amides is 1. The lowest BCUT2D eigenvalue weighted by Crippen LogP contribution is -2.38. The van der Waals surface area contributed by atoms with Crippen molar-refractivity contribution in [3.8, 4) is 0 Å². The Kier molecular flexibility index (Phi) is 4.76. The molecule has 0 aliphatic carbocycles. The van der Waals surface area contributed by atoms with Gasteiger partial charge in [0, 0.05) is 32.2 Å². The molecular formula is C15H21NO2. The predicted octanol–water partition coefficient (Wildman–Crippen LogP) is 2.46. The van der Waals surface area contributed by atoms with E-state index in [4.69, 9.17) is 4.74 Å². The van der Waals surface area contributed by atoms with Crippen LogP contribution in [0.4, 0.5) is 0 Å². The van der Waals surface area contributed by atoms with Crippen LogP contribution in [0.15, 0.2) is 30.3 Å². The van der Waals surface area contributed by atoms with Gasteiger partial charge in [-0.05, 0) is 25.3 Å². The largest absolute Gasteiger partial charge is 0.381 e. The van der Waals surface area contributed by atoms with Crippen molar-refractivity contribution < 1.29 is 9.53 Å². The van der Waals surface area contributed by atoms with Gasteiger partial charge in [0.25, 0.3) is 0 Å². The maximum absolute atomic E-state index is 12.4. The van der Waals surface area contributed by atoms with E-state index in [0.717, 1.165) is 32.6 Å². The van der Waals surface area contributed by atoms with E-state index in [2.05, 4.69) is 12.1 Å². The molecule has 1 saturated heterocycles. The molecule has 0 saturated carbocycles. The molecule has 0 spiro atoms. The van der Waals surface area contributed by atoms with Crippen LogP contribution >= 0.6 is 0 Å². The minimum Gasteiger partial charge on any atom is -0.381 e. The van der Waals surface area contributed by atoms with Crippen molar-refractivity contribution in [2.24, 2.45) is 5.92 Å². The Hall–Kier alpha value is -1.35. The molecule has 1 fully saturated rings. The van der Waals surface area contributed by atoms with E-state index in [0.29, 0.717) is 6.54 Å². The maximum Gasteiger partial charge on any atom is 0.226 e. The third-order valence-corrected chi connectivity index (χ3v) is 3.48. The van der Waals surface area contributed by atoms with Crippen LogP contribution in [0.5, 0.6) is 0 Å². The molecule has 98 valence electrons. The van der Waals surface area contributed by atoms with Crippen LogP contribution in [-0.2, 0) is 16.1 Å². The number of rotatable bonds is 4. The van der Waals surface area contributed by atoms with Gasteiger partial charge in [0.2, 0.25) is 5.91 Å². The number of benzene rings is 1. The Morgan fingerprint density at radius 3 is 2.56 bits per heavy atom. The number of ether oxygens (including phenoxy) is 1. The SMILES string of the molecule is CCN(Cc1ccccc1)C(=O)C1CCOCC1. The summed E-state index contributed by atoms with van der Waals surface area (Å²) in [6, 6.07) is 10.2. The van der Waals surface area contributed by atoms with Crippen LogP contribution in [0.1, 0.15) is 25.3 Å². The molecule has 1 heterocycles. The van der Waals surface area contributed by atoms with Crippen molar-refractivity contribution in [1.82, 2.24) is 4.90 Å². The van der Waals surface area contributed by atoms with E-state index in [9.17, 15) is 4.79 Å². The second-order valence-corrected chi connectivity index (χ2v) is 4.72. The highest BCUT2D eigenvalue weighted by molar-refractivity contribution is 5.78. The van der Waals surface area contributed by atoms with Crippen molar-refractivity contribution in [3.05, 3.63) is 35.9 Å². The summed E-state index contributed by atoms with van der Waals surface area (Å²) in [4.78, 5) is 14.4. The zero-order valence-electron chi connectivity index (χ0n) is 11.0. The summed E-state index contributed by atoms with van der Waals surface area (Å²) in [5, 5.41) is 0. The molecule has 0 bridgehead atoms. The Balaban J connectivity index is 1.97. The summed E-state index contributed by atoms with van der Waals surface area (Å²) in [5.41, 5.74) is 1.19. The highest BCUT2D eigenvalue weighted by Crippen LogP contribution is 2.18. The minimum absolute atomic E-state index is 0.155. The van der Waals surface area contributed by atoms with Gasteiger partial charge in [-0.3, -0.25) is 4.79 Å². The molecule has 0 atom stereocenters. The number of hydrogen-bond acceptors (Lipinski definition) is 2. The Morgan fingerprint density at radius 1 is 1.28 bits per heavy atom. The molecule has 3 heteroatoms. The van der Waals surface area contributed by atoms with Crippen molar-refractivity contribution in [2.45, 2.75) is 26.3 Å². The number of hydrogen-bond donors (Lipinski definition) is 0. The molecule has 18 heavy (non-hydrogen) atoms. The van der Waals surface area contributed by atoms with Crippen molar-refractivity contribution >= 4 is 5.91 Å². The van der Waals surface area contributed by atoms with E-state index in [1.54, 1.807) is 0 Å². The van der Waals surface area contributed by atoms with E-state index >= 15 is 0 Å². The maximum atomic E-state index is 12.4. The van der Waals surface area contributed by atoms with Crippen LogP contribution in [0, 0.1) is 5.92 Å². The van der Waals surface area contributed by atoms with Gasteiger partial charge in [0.15, 0.2) is 0 Å². The molecule has 0 radical (unpaired) electrons. The van der Waals surface area contributed by atoms with Gasteiger partial charge in [-0.15, -0.1) is 0 Å². The normalized spacial score (nSPS) is 16.5. The van der Waals surface area contributed by atoms with E-state index < -0.39 is 0 Å². The summed E-state index contributed by atoms with van der Waals surface area (Å²) in [6.45, 7) is 4.97. The number of carbonyl (C=O) groups is 1. The second kappa shape index (κ2) is 6.55. The van der Waals surface area contributed by atoms with Gasteiger partial charge in [0.1, 0.15) is 0 Å². The fourth-order valence-corrected chi connectivity index (χ4v) is 2.35. The molecule has 3 nitrogen and oxygen atoms in total. The van der Waals surface area contributed by atoms with E-state index in [-0.39, 0.29) is 11.8 Å². The van der Waals surface area contributed by atoms with Gasteiger partial charge in [-0.1, -0.05) is 30.3 Å². The minimum atomic E-state index is 0.155. The zero-order chi connectivity index (χ0) is 12.8. The van der Waals surface area contributed by atoms with Gasteiger partial charge in [-0.25, -0.2) is 0 Å². The molecule has 1 aromatic rings. The second-order valence-electron chi connectivity index (χ2n) is 4.72. The van der Waals surface area contributed by atoms with Crippen LogP contribution < -0.4 is 0 Å². The fourth-order valence-electron chi connectivity index (χ4n) is 2.35. The summed E-state index contributed by atoms with van der Waals surface area (Å²) < 4.78 is 5.31. The van der Waals surface area contributed by atoms with Gasteiger partial charge < -0.3 is 9.64 Å². The molecule has 1 amide bonds. The first-order valence-electron chi connectivity index (χ1n) is 6.71. The standard InChI is InChI=1S/C15H21NO2/c1-2-16(12-13-6-4-3-5-7-13)15(17)14-8-10-18-11-9-14/h3-7,14H,2,8-12H2,1H3. The first-order valence-corrected chi connectivity index (χ1v) is 6.71. The monoisotopic (exact) mass is 247 g/mol. The van der Waals surface area contributed by atoms with Gasteiger partial charge >= 0.3 is 0 Å². The molecule has 1 aliphatic rings. The van der Waals surface area contributed by atoms with E-state index in [1.807, 2.05) is 30.0 Å². The smallest absolute Gasteiger partial charge is 0.226 e. The van der Waals surface area contributed by atoms with Crippen LogP contribution in [0.25, 0.3) is 0 Å². The topological polar surface area (TPSA) is 29.5 Å². The Labute approximate surface area is 109 Å². The average molecular weight is 247 g/mol. The number of carbonyl (C=O) groups excluding carboxylic acids is 1. The molecule has 1 aromatic carbocycles. The number of nitrogens with zero attached hydrogens (tertiary/aromatic N) is 1. The van der Waals surface area contributed by atoms with Crippen molar-refractivity contribution in [1.29, 1.82) is 0 Å². The van der Waals surface area contributed by atoms with Crippen LogP contribution in [0.3, 0.4) is 0 Å². The molecule has 0 unspecified atom stereocenters. The highest BCUT2D eigenvalue weighted by Gasteiger charge is 2.25. The average Bonchev–Trinajstić information content (AvgIpc) is 2.46. The van der Waals surface area contributed by atoms with Crippen molar-refractivity contribution in [2.75, 3.05) is 19.8 Å². The zero-order valence-corrected chi connectivity index (χ0v) is 11.0. The Bertz CT molecular complexity index is 371. The molecule has 0 N–H and O–H groups in total. The summed E-state index contributed by atoms with van der Waals surface area (Å²) >= 11 is 0. The lowest BCUT2D eigenvalue weighted by atomic mass is 9.98. The third-order valence-electron chi connectivity index (χ3n) is 3.48. The van der Waals surface area contributed by atoms with Gasteiger partial charge in [-0.2, -0.15) is 0 Å². The van der Waals surface area contributed by atoms with Crippen LogP contribution in [0.2, 0.25) is 0 Å². The Morgan fingerprint density at radius 2 is 1.94 bits per heavy atom. The van der Waals surface area contributed by atoms with Crippen molar-refractivity contribution in [3.63, 3.8) is 0 Å². The van der Waals surface area contributed by atoms with E-state index in [1.165, 1.54) is 5.56 Å². The first kappa shape index (κ1) is 13.1. The summed E-state index contributed by atoms with van der Waals surface area (Å²) in [6.07, 6.45) is 1.73. The quantitative estimate of drug-likeness (QED) is 0.818. The fraction of sp³-hybridized carbons (Fsp3) is 0.533. The van der Waals surface area contributed by atoms with Gasteiger partial charge in [0.05, 0.1) is 0 Å². The van der Waals surface area contributed by atoms with Crippen LogP contribution in [-0.4, -0.2) is 30.6 Å². The predicted molar refractivity (Wildman–Crippen MR) is 71.1 cm³/mol. The molecule has 2 rings (SSSR count). The first-order chi connectivity index (χ1) is 8.81. The lowest BCUT2D eigenvalue weighted by Gasteiger charge is -2.28. The highest BCUT2D eigenvalue weighted by atomic mass is 16.5. The summed E-state index contributed by atoms with van der Waals surface area (Å²) in [5.74, 6) is 0.437. The molecule has 0 aromatic heterocycles. The lowest BCUT2D eigenvalue weighted by molar-refractivity contribution is -0.138. The molecule has 1 aliphatic heterocycles. The summed E-state index contributed by atoms with van der Waals surface area (Å²) in [7, 11) is 0. The molecular weight excluding hydrogens is 226 g/mol.